The van der Waals surface area contributed by atoms with Crippen LogP contribution in [0, 0.1) is 0 Å². The molecule has 0 radical (unpaired) electrons. The Kier molecular flexibility index (Phi) is 5.98. The Morgan fingerprint density at radius 2 is 2.08 bits per heavy atom. The van der Waals surface area contributed by atoms with E-state index in [0.29, 0.717) is 17.6 Å². The third-order valence-electron chi connectivity index (χ3n) is 7.47. The Balaban J connectivity index is 1.22. The second kappa shape index (κ2) is 9.33. The molecule has 3 aromatic rings. The lowest BCUT2D eigenvalue weighted by Crippen LogP contribution is -2.52. The molecule has 1 atom stereocenters. The van der Waals surface area contributed by atoms with Crippen LogP contribution < -0.4 is 20.3 Å². The highest BCUT2D eigenvalue weighted by molar-refractivity contribution is 6.09. The molecular weight excluding hydrogens is 470 g/mol. The zero-order valence-corrected chi connectivity index (χ0v) is 21.4. The first-order valence-electron chi connectivity index (χ1n) is 13.1. The summed E-state index contributed by atoms with van der Waals surface area (Å²) in [7, 11) is 0. The normalized spacial score (nSPS) is 21.4. The fourth-order valence-electron chi connectivity index (χ4n) is 5.68. The maximum Gasteiger partial charge on any atom is 0.261 e. The fourth-order valence-corrected chi connectivity index (χ4v) is 5.68. The molecule has 0 bridgehead atoms. The van der Waals surface area contributed by atoms with Gasteiger partial charge in [-0.2, -0.15) is 5.10 Å². The van der Waals surface area contributed by atoms with Gasteiger partial charge in [0.05, 0.1) is 17.6 Å². The summed E-state index contributed by atoms with van der Waals surface area (Å²) in [5.41, 5.74) is 3.50. The van der Waals surface area contributed by atoms with E-state index in [-0.39, 0.29) is 23.5 Å². The van der Waals surface area contributed by atoms with Crippen LogP contribution in [0.25, 0.3) is 5.65 Å². The molecule has 37 heavy (non-hydrogen) atoms. The number of hydrogen-bond acceptors (Lipinski definition) is 7. The van der Waals surface area contributed by atoms with Crippen molar-refractivity contribution < 1.29 is 14.3 Å². The summed E-state index contributed by atoms with van der Waals surface area (Å²) in [5, 5.41) is 10.5. The molecule has 2 amide bonds. The van der Waals surface area contributed by atoms with Crippen LogP contribution in [0.2, 0.25) is 0 Å². The predicted octanol–water partition coefficient (Wildman–Crippen LogP) is 2.49. The number of ether oxygens (including phenoxy) is 1. The van der Waals surface area contributed by atoms with Gasteiger partial charge < -0.3 is 20.3 Å². The van der Waals surface area contributed by atoms with E-state index in [4.69, 9.17) is 4.74 Å². The number of carbonyl (C=O) groups is 2. The van der Waals surface area contributed by atoms with Gasteiger partial charge in [0, 0.05) is 75.6 Å². The molecule has 5 heterocycles. The van der Waals surface area contributed by atoms with Crippen molar-refractivity contribution in [2.24, 2.45) is 0 Å². The maximum absolute atomic E-state index is 13.4. The lowest BCUT2D eigenvalue weighted by atomic mass is 10.0. The molecular formula is C27H33N7O3. The minimum Gasteiger partial charge on any atom is -0.487 e. The van der Waals surface area contributed by atoms with Gasteiger partial charge in [0.1, 0.15) is 16.9 Å². The van der Waals surface area contributed by atoms with Crippen LogP contribution in [-0.2, 0) is 11.2 Å². The average Bonchev–Trinajstić information content (AvgIpc) is 3.43. The molecule has 0 aliphatic carbocycles. The molecule has 2 N–H and O–H groups in total. The number of piperazine rings is 1. The summed E-state index contributed by atoms with van der Waals surface area (Å²) in [5.74, 6) is 0.806. The van der Waals surface area contributed by atoms with E-state index in [1.807, 2.05) is 0 Å². The molecule has 10 heteroatoms. The number of anilines is 2. The molecule has 2 fully saturated rings. The lowest BCUT2D eigenvalue weighted by Gasteiger charge is -2.39. The number of piperidine rings is 1. The van der Waals surface area contributed by atoms with Gasteiger partial charge in [-0.3, -0.25) is 14.5 Å². The van der Waals surface area contributed by atoms with Crippen LogP contribution in [0.4, 0.5) is 11.4 Å². The van der Waals surface area contributed by atoms with Crippen molar-refractivity contribution in [3.63, 3.8) is 0 Å². The molecule has 6 rings (SSSR count). The third kappa shape index (κ3) is 4.85. The van der Waals surface area contributed by atoms with E-state index >= 15 is 0 Å². The number of hydrogen-bond donors (Lipinski definition) is 2. The number of carbonyl (C=O) groups excluding carboxylic acids is 2. The number of nitrogens with zero attached hydrogens (tertiary/aromatic N) is 5. The van der Waals surface area contributed by atoms with Gasteiger partial charge in [0.2, 0.25) is 5.91 Å². The Labute approximate surface area is 216 Å². The summed E-state index contributed by atoms with van der Waals surface area (Å²) in [6.45, 7) is 8.47. The van der Waals surface area contributed by atoms with Crippen LogP contribution in [0.1, 0.15) is 49.0 Å². The van der Waals surface area contributed by atoms with Gasteiger partial charge in [-0.15, -0.1) is 0 Å². The van der Waals surface area contributed by atoms with E-state index in [1.165, 1.54) is 0 Å². The first kappa shape index (κ1) is 23.7. The van der Waals surface area contributed by atoms with Crippen LogP contribution in [0.5, 0.6) is 5.75 Å². The quantitative estimate of drug-likeness (QED) is 0.551. The van der Waals surface area contributed by atoms with Gasteiger partial charge in [-0.25, -0.2) is 9.50 Å². The Hall–Kier alpha value is -3.66. The van der Waals surface area contributed by atoms with E-state index in [1.54, 1.807) is 29.2 Å². The standard InChI is InChI=1S/C27H33N7O3/c1-27(2)15-18-13-21(31-26(36)20-16-29-34-8-4-7-28-25(20)34)22(14-23(18)37-27)33-11-9-32(10-12-33)17-19-5-3-6-24(35)30-19/h4,7-8,13-14,16,19H,3,5-6,9-12,15,17H2,1-2H3,(H,30,35)(H,31,36)/t19-/m1/s1. The number of benzene rings is 1. The van der Waals surface area contributed by atoms with Crippen molar-refractivity contribution in [2.45, 2.75) is 51.2 Å². The van der Waals surface area contributed by atoms with Crippen LogP contribution in [0.15, 0.2) is 36.8 Å². The first-order chi connectivity index (χ1) is 17.8. The molecule has 10 nitrogen and oxygen atoms in total. The largest absolute Gasteiger partial charge is 0.487 e. The van der Waals surface area contributed by atoms with Crippen molar-refractivity contribution in [3.05, 3.63) is 47.9 Å². The molecule has 0 spiro atoms. The highest BCUT2D eigenvalue weighted by atomic mass is 16.5. The van der Waals surface area contributed by atoms with Gasteiger partial charge in [-0.05, 0) is 38.8 Å². The number of rotatable bonds is 5. The second-order valence-corrected chi connectivity index (χ2v) is 10.9. The zero-order chi connectivity index (χ0) is 25.6. The van der Waals surface area contributed by atoms with E-state index in [9.17, 15) is 9.59 Å². The van der Waals surface area contributed by atoms with Crippen LogP contribution >= 0.6 is 0 Å². The molecule has 2 aromatic heterocycles. The molecule has 0 unspecified atom stereocenters. The van der Waals surface area contributed by atoms with Crippen molar-refractivity contribution in [3.8, 4) is 5.75 Å². The highest BCUT2D eigenvalue weighted by Gasteiger charge is 2.33. The molecule has 1 aromatic carbocycles. The maximum atomic E-state index is 13.4. The van der Waals surface area contributed by atoms with E-state index in [2.05, 4.69) is 56.5 Å². The molecule has 0 saturated carbocycles. The van der Waals surface area contributed by atoms with E-state index in [0.717, 1.165) is 74.7 Å². The first-order valence-corrected chi connectivity index (χ1v) is 13.1. The zero-order valence-electron chi connectivity index (χ0n) is 21.4. The Bertz CT molecular complexity index is 1340. The summed E-state index contributed by atoms with van der Waals surface area (Å²) >= 11 is 0. The van der Waals surface area contributed by atoms with Crippen molar-refractivity contribution >= 4 is 28.8 Å². The minimum atomic E-state index is -0.280. The second-order valence-electron chi connectivity index (χ2n) is 10.9. The third-order valence-corrected chi connectivity index (χ3v) is 7.47. The van der Waals surface area contributed by atoms with Crippen molar-refractivity contribution in [1.29, 1.82) is 0 Å². The fraction of sp³-hybridized carbons (Fsp3) is 0.481. The molecule has 2 saturated heterocycles. The Morgan fingerprint density at radius 3 is 2.89 bits per heavy atom. The van der Waals surface area contributed by atoms with Gasteiger partial charge in [0.15, 0.2) is 5.65 Å². The SMILES string of the molecule is CC1(C)Cc2cc(NC(=O)c3cnn4cccnc34)c(N3CCN(C[C@H]4CCCC(=O)N4)CC3)cc2O1. The highest BCUT2D eigenvalue weighted by Crippen LogP contribution is 2.42. The molecule has 3 aliphatic rings. The molecule has 3 aliphatic heterocycles. The van der Waals surface area contributed by atoms with Crippen molar-refractivity contribution in [2.75, 3.05) is 42.9 Å². The smallest absolute Gasteiger partial charge is 0.261 e. The summed E-state index contributed by atoms with van der Waals surface area (Å²) in [6, 6.07) is 6.15. The van der Waals surface area contributed by atoms with Crippen molar-refractivity contribution in [1.82, 2.24) is 24.8 Å². The van der Waals surface area contributed by atoms with Crippen LogP contribution in [-0.4, -0.2) is 75.7 Å². The average molecular weight is 504 g/mol. The number of aromatic nitrogens is 3. The number of fused-ring (bicyclic) bond motifs is 2. The monoisotopic (exact) mass is 503 g/mol. The number of nitrogens with one attached hydrogen (secondary N) is 2. The van der Waals surface area contributed by atoms with Gasteiger partial charge >= 0.3 is 0 Å². The summed E-state index contributed by atoms with van der Waals surface area (Å²) < 4.78 is 7.83. The molecule has 194 valence electrons. The summed E-state index contributed by atoms with van der Waals surface area (Å²) in [4.78, 5) is 34.2. The topological polar surface area (TPSA) is 104 Å². The Morgan fingerprint density at radius 1 is 1.24 bits per heavy atom. The van der Waals surface area contributed by atoms with E-state index < -0.39 is 0 Å². The van der Waals surface area contributed by atoms with Crippen LogP contribution in [0.3, 0.4) is 0 Å². The summed E-state index contributed by atoms with van der Waals surface area (Å²) in [6.07, 6.45) is 8.42. The van der Waals surface area contributed by atoms with Gasteiger partial charge in [-0.1, -0.05) is 0 Å². The lowest BCUT2D eigenvalue weighted by molar-refractivity contribution is -0.123. The number of amides is 2. The minimum absolute atomic E-state index is 0.165. The van der Waals surface area contributed by atoms with Gasteiger partial charge in [0.25, 0.3) is 5.91 Å². The predicted molar refractivity (Wildman–Crippen MR) is 140 cm³/mol.